The maximum atomic E-state index is 13.2. The number of rotatable bonds is 8. The number of nitrogens with zero attached hydrogens (tertiary/aromatic N) is 1. The van der Waals surface area contributed by atoms with Gasteiger partial charge in [-0.3, -0.25) is 4.79 Å². The molecule has 0 saturated carbocycles. The standard InChI is InChI=1S/C22H27NO3/c1-4-5-11-23(21(24)19-13-16(2)12-17(3)14-19)20(22(25)26)15-18-9-7-6-8-10-18/h6-10,12-14,20H,4-5,11,15H2,1-3H3,(H,25,26)/t20-/m1/s1. The number of aryl methyl sites for hydroxylation is 2. The van der Waals surface area contributed by atoms with Gasteiger partial charge in [0.05, 0.1) is 0 Å². The molecule has 2 rings (SSSR count). The summed E-state index contributed by atoms with van der Waals surface area (Å²) in [5.41, 5.74) is 3.46. The number of carbonyl (C=O) groups excluding carboxylic acids is 1. The van der Waals surface area contributed by atoms with Crippen molar-refractivity contribution in [3.63, 3.8) is 0 Å². The van der Waals surface area contributed by atoms with E-state index in [0.29, 0.717) is 18.5 Å². The van der Waals surface area contributed by atoms with Crippen LogP contribution in [0.2, 0.25) is 0 Å². The third-order valence-corrected chi connectivity index (χ3v) is 4.42. The minimum Gasteiger partial charge on any atom is -0.480 e. The molecular weight excluding hydrogens is 326 g/mol. The maximum Gasteiger partial charge on any atom is 0.326 e. The fourth-order valence-corrected chi connectivity index (χ4v) is 3.16. The molecule has 0 aliphatic heterocycles. The molecule has 1 amide bonds. The summed E-state index contributed by atoms with van der Waals surface area (Å²) in [5.74, 6) is -1.18. The van der Waals surface area contributed by atoms with Gasteiger partial charge in [0.2, 0.25) is 0 Å². The van der Waals surface area contributed by atoms with E-state index in [2.05, 4.69) is 0 Å². The zero-order chi connectivity index (χ0) is 19.1. The summed E-state index contributed by atoms with van der Waals surface area (Å²) >= 11 is 0. The smallest absolute Gasteiger partial charge is 0.326 e. The average molecular weight is 353 g/mol. The Labute approximate surface area is 155 Å². The molecule has 0 saturated heterocycles. The van der Waals surface area contributed by atoms with Crippen molar-refractivity contribution < 1.29 is 14.7 Å². The number of hydrogen-bond acceptors (Lipinski definition) is 2. The number of carboxylic acids is 1. The highest BCUT2D eigenvalue weighted by molar-refractivity contribution is 5.97. The van der Waals surface area contributed by atoms with Gasteiger partial charge >= 0.3 is 5.97 Å². The molecule has 0 radical (unpaired) electrons. The second-order valence-corrected chi connectivity index (χ2v) is 6.77. The summed E-state index contributed by atoms with van der Waals surface area (Å²) in [7, 11) is 0. The normalized spacial score (nSPS) is 11.8. The van der Waals surface area contributed by atoms with Crippen molar-refractivity contribution in [3.05, 3.63) is 70.8 Å². The van der Waals surface area contributed by atoms with Crippen LogP contribution in [0.4, 0.5) is 0 Å². The van der Waals surface area contributed by atoms with Crippen molar-refractivity contribution in [3.8, 4) is 0 Å². The molecule has 0 fully saturated rings. The first-order chi connectivity index (χ1) is 12.4. The lowest BCUT2D eigenvalue weighted by atomic mass is 10.0. The number of amides is 1. The van der Waals surface area contributed by atoms with Crippen LogP contribution in [0.15, 0.2) is 48.5 Å². The number of hydrogen-bond donors (Lipinski definition) is 1. The van der Waals surface area contributed by atoms with E-state index in [1.807, 2.05) is 69.3 Å². The van der Waals surface area contributed by atoms with Crippen LogP contribution in [0.5, 0.6) is 0 Å². The largest absolute Gasteiger partial charge is 0.480 e. The quantitative estimate of drug-likeness (QED) is 0.772. The molecule has 4 nitrogen and oxygen atoms in total. The molecule has 0 aliphatic rings. The molecule has 0 unspecified atom stereocenters. The molecule has 4 heteroatoms. The van der Waals surface area contributed by atoms with E-state index in [0.717, 1.165) is 29.5 Å². The number of benzene rings is 2. The van der Waals surface area contributed by atoms with E-state index >= 15 is 0 Å². The van der Waals surface area contributed by atoms with E-state index < -0.39 is 12.0 Å². The van der Waals surface area contributed by atoms with E-state index in [1.54, 1.807) is 0 Å². The lowest BCUT2D eigenvalue weighted by Gasteiger charge is -2.29. The number of carbonyl (C=O) groups is 2. The highest BCUT2D eigenvalue weighted by atomic mass is 16.4. The number of carboxylic acid groups (broad SMARTS) is 1. The van der Waals surface area contributed by atoms with E-state index in [1.165, 1.54) is 4.90 Å². The van der Waals surface area contributed by atoms with Crippen molar-refractivity contribution in [2.24, 2.45) is 0 Å². The van der Waals surface area contributed by atoms with Crippen molar-refractivity contribution in [1.29, 1.82) is 0 Å². The van der Waals surface area contributed by atoms with E-state index in [-0.39, 0.29) is 5.91 Å². The first-order valence-corrected chi connectivity index (χ1v) is 9.08. The molecule has 0 spiro atoms. The maximum absolute atomic E-state index is 13.2. The minimum absolute atomic E-state index is 0.214. The Morgan fingerprint density at radius 2 is 1.65 bits per heavy atom. The highest BCUT2D eigenvalue weighted by Gasteiger charge is 2.30. The van der Waals surface area contributed by atoms with Crippen LogP contribution >= 0.6 is 0 Å². The summed E-state index contributed by atoms with van der Waals surface area (Å²) in [6, 6.07) is 14.3. The Hall–Kier alpha value is -2.62. The Morgan fingerprint density at radius 3 is 2.19 bits per heavy atom. The second kappa shape index (κ2) is 9.18. The van der Waals surface area contributed by atoms with Gasteiger partial charge in [-0.05, 0) is 38.0 Å². The Balaban J connectivity index is 2.35. The van der Waals surface area contributed by atoms with Gasteiger partial charge in [-0.2, -0.15) is 0 Å². The number of unbranched alkanes of at least 4 members (excludes halogenated alkanes) is 1. The molecule has 0 bridgehead atoms. The summed E-state index contributed by atoms with van der Waals surface area (Å²) in [6.45, 7) is 6.36. The van der Waals surface area contributed by atoms with Crippen LogP contribution in [-0.4, -0.2) is 34.5 Å². The van der Waals surface area contributed by atoms with E-state index in [4.69, 9.17) is 0 Å². The van der Waals surface area contributed by atoms with Gasteiger partial charge in [-0.1, -0.05) is 60.9 Å². The summed E-state index contributed by atoms with van der Waals surface area (Å²) in [6.07, 6.45) is 1.97. The molecule has 1 atom stereocenters. The summed E-state index contributed by atoms with van der Waals surface area (Å²) in [4.78, 5) is 26.7. The molecule has 0 aliphatic carbocycles. The topological polar surface area (TPSA) is 57.6 Å². The third-order valence-electron chi connectivity index (χ3n) is 4.42. The van der Waals surface area contributed by atoms with Gasteiger partial charge in [-0.15, -0.1) is 0 Å². The second-order valence-electron chi connectivity index (χ2n) is 6.77. The Bertz CT molecular complexity index is 735. The van der Waals surface area contributed by atoms with Crippen molar-refractivity contribution >= 4 is 11.9 Å². The van der Waals surface area contributed by atoms with Gasteiger partial charge < -0.3 is 10.0 Å². The van der Waals surface area contributed by atoms with Crippen LogP contribution < -0.4 is 0 Å². The third kappa shape index (κ3) is 5.19. The Morgan fingerprint density at radius 1 is 1.04 bits per heavy atom. The van der Waals surface area contributed by atoms with Crippen LogP contribution in [0.1, 0.15) is 46.8 Å². The van der Waals surface area contributed by atoms with Gasteiger partial charge in [0.1, 0.15) is 6.04 Å². The van der Waals surface area contributed by atoms with Crippen molar-refractivity contribution in [1.82, 2.24) is 4.90 Å². The predicted molar refractivity (Wildman–Crippen MR) is 103 cm³/mol. The van der Waals surface area contributed by atoms with Gasteiger partial charge in [0.15, 0.2) is 0 Å². The average Bonchev–Trinajstić information content (AvgIpc) is 2.60. The highest BCUT2D eigenvalue weighted by Crippen LogP contribution is 2.17. The molecule has 2 aromatic carbocycles. The zero-order valence-electron chi connectivity index (χ0n) is 15.7. The van der Waals surface area contributed by atoms with Crippen LogP contribution in [0.3, 0.4) is 0 Å². The Kier molecular flexibility index (Phi) is 6.96. The number of aliphatic carboxylic acids is 1. The monoisotopic (exact) mass is 353 g/mol. The molecule has 1 N–H and O–H groups in total. The molecule has 26 heavy (non-hydrogen) atoms. The van der Waals surface area contributed by atoms with Gasteiger partial charge in [0.25, 0.3) is 5.91 Å². The molecule has 2 aromatic rings. The SMILES string of the molecule is CCCCN(C(=O)c1cc(C)cc(C)c1)[C@H](Cc1ccccc1)C(=O)O. The first kappa shape index (κ1) is 19.7. The fourth-order valence-electron chi connectivity index (χ4n) is 3.16. The lowest BCUT2D eigenvalue weighted by molar-refractivity contribution is -0.142. The summed E-state index contributed by atoms with van der Waals surface area (Å²) in [5, 5.41) is 9.82. The predicted octanol–water partition coefficient (Wildman–Crippen LogP) is 4.24. The molecule has 0 aromatic heterocycles. The van der Waals surface area contributed by atoms with E-state index in [9.17, 15) is 14.7 Å². The van der Waals surface area contributed by atoms with Crippen LogP contribution in [-0.2, 0) is 11.2 Å². The molecule has 0 heterocycles. The lowest BCUT2D eigenvalue weighted by Crippen LogP contribution is -2.47. The van der Waals surface area contributed by atoms with Crippen LogP contribution in [0.25, 0.3) is 0 Å². The van der Waals surface area contributed by atoms with Gasteiger partial charge in [-0.25, -0.2) is 4.79 Å². The first-order valence-electron chi connectivity index (χ1n) is 9.08. The van der Waals surface area contributed by atoms with Crippen LogP contribution in [0, 0.1) is 13.8 Å². The summed E-state index contributed by atoms with van der Waals surface area (Å²) < 4.78 is 0. The molecule has 138 valence electrons. The van der Waals surface area contributed by atoms with Crippen molar-refractivity contribution in [2.75, 3.05) is 6.54 Å². The molecular formula is C22H27NO3. The zero-order valence-corrected chi connectivity index (χ0v) is 15.7. The fraction of sp³-hybridized carbons (Fsp3) is 0.364. The van der Waals surface area contributed by atoms with Crippen molar-refractivity contribution in [2.45, 2.75) is 46.1 Å². The van der Waals surface area contributed by atoms with Gasteiger partial charge in [0, 0.05) is 18.5 Å². The minimum atomic E-state index is -0.970.